The molecule has 0 aromatic heterocycles. The molecule has 0 spiro atoms. The number of nitrogens with one attached hydrogen (secondary N) is 2. The van der Waals surface area contributed by atoms with E-state index in [0.29, 0.717) is 10.2 Å². The summed E-state index contributed by atoms with van der Waals surface area (Å²) in [6.45, 7) is 0. The second-order valence-electron chi connectivity index (χ2n) is 2.28. The first-order valence-corrected chi connectivity index (χ1v) is 4.43. The van der Waals surface area contributed by atoms with Gasteiger partial charge in [-0.2, -0.15) is 0 Å². The van der Waals surface area contributed by atoms with Gasteiger partial charge in [0.25, 0.3) is 0 Å². The number of guanidine groups is 1. The van der Waals surface area contributed by atoms with Crippen LogP contribution in [-0.2, 0) is 0 Å². The van der Waals surface area contributed by atoms with Crippen LogP contribution in [0.25, 0.3) is 0 Å². The summed E-state index contributed by atoms with van der Waals surface area (Å²) < 4.78 is 13.1. The van der Waals surface area contributed by atoms with Gasteiger partial charge in [0.1, 0.15) is 5.82 Å². The maximum Gasteiger partial charge on any atom is 0.190 e. The summed E-state index contributed by atoms with van der Waals surface area (Å²) in [5.74, 6) is -0.708. The van der Waals surface area contributed by atoms with Crippen molar-refractivity contribution in [1.82, 2.24) is 0 Å². The molecule has 70 valence electrons. The summed E-state index contributed by atoms with van der Waals surface area (Å²) in [5.41, 5.74) is 5.48. The molecule has 0 aliphatic heterocycles. The third-order valence-corrected chi connectivity index (χ3v) is 2.19. The van der Waals surface area contributed by atoms with Crippen molar-refractivity contribution in [1.29, 1.82) is 5.41 Å². The SMILES string of the molecule is N=C(N)Nc1c(Cl)cc(F)cc1Br. The number of nitrogens with two attached hydrogens (primary N) is 1. The Morgan fingerprint density at radius 1 is 1.62 bits per heavy atom. The van der Waals surface area contributed by atoms with Crippen molar-refractivity contribution in [3.63, 3.8) is 0 Å². The van der Waals surface area contributed by atoms with Gasteiger partial charge >= 0.3 is 0 Å². The van der Waals surface area contributed by atoms with Gasteiger partial charge in [-0.25, -0.2) is 4.39 Å². The quantitative estimate of drug-likeness (QED) is 0.540. The lowest BCUT2D eigenvalue weighted by atomic mass is 10.3. The molecule has 3 nitrogen and oxygen atoms in total. The van der Waals surface area contributed by atoms with E-state index in [2.05, 4.69) is 21.2 Å². The Bertz CT molecular complexity index is 333. The van der Waals surface area contributed by atoms with Crippen LogP contribution in [0.3, 0.4) is 0 Å². The molecular weight excluding hydrogens is 260 g/mol. The van der Waals surface area contributed by atoms with Gasteiger partial charge in [-0.05, 0) is 28.1 Å². The van der Waals surface area contributed by atoms with Gasteiger partial charge < -0.3 is 11.1 Å². The highest BCUT2D eigenvalue weighted by Gasteiger charge is 2.07. The summed E-state index contributed by atoms with van der Waals surface area (Å²) in [5, 5.41) is 9.62. The Hall–Kier alpha value is -0.810. The molecule has 0 saturated heterocycles. The Balaban J connectivity index is 3.13. The van der Waals surface area contributed by atoms with Crippen LogP contribution in [0, 0.1) is 11.2 Å². The molecule has 4 N–H and O–H groups in total. The third-order valence-electron chi connectivity index (χ3n) is 1.27. The van der Waals surface area contributed by atoms with Crippen molar-refractivity contribution in [3.8, 4) is 0 Å². The minimum Gasteiger partial charge on any atom is -0.370 e. The summed E-state index contributed by atoms with van der Waals surface area (Å²) in [4.78, 5) is 0. The molecule has 0 amide bonds. The van der Waals surface area contributed by atoms with Gasteiger partial charge in [-0.1, -0.05) is 11.6 Å². The molecule has 0 heterocycles. The molecule has 1 rings (SSSR count). The summed E-state index contributed by atoms with van der Waals surface area (Å²) in [6, 6.07) is 2.37. The Kier molecular flexibility index (Phi) is 3.11. The van der Waals surface area contributed by atoms with E-state index in [1.165, 1.54) is 6.07 Å². The van der Waals surface area contributed by atoms with E-state index in [0.717, 1.165) is 6.07 Å². The fourth-order valence-electron chi connectivity index (χ4n) is 0.796. The second-order valence-corrected chi connectivity index (χ2v) is 3.54. The first-order chi connectivity index (χ1) is 6.00. The monoisotopic (exact) mass is 265 g/mol. The summed E-state index contributed by atoms with van der Waals surface area (Å²) in [7, 11) is 0. The molecule has 0 fully saturated rings. The molecule has 0 aliphatic carbocycles. The van der Waals surface area contributed by atoms with E-state index < -0.39 is 5.82 Å². The lowest BCUT2D eigenvalue weighted by molar-refractivity contribution is 0.627. The molecule has 6 heteroatoms. The van der Waals surface area contributed by atoms with Gasteiger partial charge in [0.05, 0.1) is 10.7 Å². The fraction of sp³-hybridized carbons (Fsp3) is 0. The van der Waals surface area contributed by atoms with Crippen LogP contribution in [0.2, 0.25) is 5.02 Å². The largest absolute Gasteiger partial charge is 0.370 e. The normalized spacial score (nSPS) is 9.77. The van der Waals surface area contributed by atoms with Crippen molar-refractivity contribution >= 4 is 39.2 Å². The lowest BCUT2D eigenvalue weighted by Crippen LogP contribution is -2.20. The molecule has 0 saturated carbocycles. The first-order valence-electron chi connectivity index (χ1n) is 3.26. The average molecular weight is 267 g/mol. The van der Waals surface area contributed by atoms with Crippen molar-refractivity contribution in [2.24, 2.45) is 5.73 Å². The first kappa shape index (κ1) is 10.3. The molecule has 0 radical (unpaired) electrons. The van der Waals surface area contributed by atoms with Crippen LogP contribution in [-0.4, -0.2) is 5.96 Å². The van der Waals surface area contributed by atoms with E-state index in [1.54, 1.807) is 0 Å². The fourth-order valence-corrected chi connectivity index (χ4v) is 1.70. The van der Waals surface area contributed by atoms with Crippen LogP contribution in [0.1, 0.15) is 0 Å². The van der Waals surface area contributed by atoms with Crippen molar-refractivity contribution in [2.45, 2.75) is 0 Å². The zero-order chi connectivity index (χ0) is 10.0. The van der Waals surface area contributed by atoms with Gasteiger partial charge in [-0.15, -0.1) is 0 Å². The third kappa shape index (κ3) is 2.57. The van der Waals surface area contributed by atoms with Crippen LogP contribution in [0.15, 0.2) is 16.6 Å². The second kappa shape index (κ2) is 3.93. The van der Waals surface area contributed by atoms with Crippen LogP contribution in [0.5, 0.6) is 0 Å². The maximum absolute atomic E-state index is 12.7. The maximum atomic E-state index is 12.7. The topological polar surface area (TPSA) is 61.9 Å². The summed E-state index contributed by atoms with van der Waals surface area (Å²) >= 11 is 8.78. The smallest absolute Gasteiger partial charge is 0.190 e. The molecule has 0 atom stereocenters. The van der Waals surface area contributed by atoms with E-state index in [4.69, 9.17) is 22.7 Å². The van der Waals surface area contributed by atoms with Crippen LogP contribution >= 0.6 is 27.5 Å². The number of halogens is 3. The van der Waals surface area contributed by atoms with Gasteiger partial charge in [0.2, 0.25) is 0 Å². The van der Waals surface area contributed by atoms with E-state index in [-0.39, 0.29) is 11.0 Å². The van der Waals surface area contributed by atoms with Gasteiger partial charge in [0, 0.05) is 4.47 Å². The van der Waals surface area contributed by atoms with Crippen molar-refractivity contribution in [3.05, 3.63) is 27.4 Å². The van der Waals surface area contributed by atoms with Gasteiger partial charge in [0.15, 0.2) is 5.96 Å². The highest BCUT2D eigenvalue weighted by Crippen LogP contribution is 2.31. The molecular formula is C7H6BrClFN3. The van der Waals surface area contributed by atoms with E-state index in [1.807, 2.05) is 0 Å². The number of hydrogen-bond donors (Lipinski definition) is 3. The number of anilines is 1. The molecule has 1 aromatic rings. The van der Waals surface area contributed by atoms with E-state index >= 15 is 0 Å². The minimum absolute atomic E-state index is 0.169. The number of benzene rings is 1. The molecule has 0 unspecified atom stereocenters. The Morgan fingerprint density at radius 3 is 2.69 bits per heavy atom. The van der Waals surface area contributed by atoms with Crippen LogP contribution in [0.4, 0.5) is 10.1 Å². The van der Waals surface area contributed by atoms with Gasteiger partial charge in [-0.3, -0.25) is 5.41 Å². The molecule has 13 heavy (non-hydrogen) atoms. The highest BCUT2D eigenvalue weighted by molar-refractivity contribution is 9.10. The minimum atomic E-state index is -0.453. The Morgan fingerprint density at radius 2 is 2.23 bits per heavy atom. The summed E-state index contributed by atoms with van der Waals surface area (Å²) in [6.07, 6.45) is 0. The zero-order valence-corrected chi connectivity index (χ0v) is 8.71. The average Bonchev–Trinajstić information content (AvgIpc) is 1.96. The molecule has 0 aliphatic rings. The van der Waals surface area contributed by atoms with Crippen LogP contribution < -0.4 is 11.1 Å². The van der Waals surface area contributed by atoms with E-state index in [9.17, 15) is 4.39 Å². The van der Waals surface area contributed by atoms with Crippen molar-refractivity contribution in [2.75, 3.05) is 5.32 Å². The number of hydrogen-bond acceptors (Lipinski definition) is 1. The Labute approximate surface area is 87.7 Å². The molecule has 1 aromatic carbocycles. The molecule has 0 bridgehead atoms. The predicted molar refractivity (Wildman–Crippen MR) is 54.6 cm³/mol. The predicted octanol–water partition coefficient (Wildman–Crippen LogP) is 2.55. The lowest BCUT2D eigenvalue weighted by Gasteiger charge is -2.08. The zero-order valence-electron chi connectivity index (χ0n) is 6.37. The highest BCUT2D eigenvalue weighted by atomic mass is 79.9. The standard InChI is InChI=1S/C7H6BrClFN3/c8-4-1-3(10)2-5(9)6(4)13-7(11)12/h1-2H,(H4,11,12,13). The number of rotatable bonds is 1. The van der Waals surface area contributed by atoms with Crippen molar-refractivity contribution < 1.29 is 4.39 Å².